The van der Waals surface area contributed by atoms with Gasteiger partial charge in [-0.2, -0.15) is 0 Å². The van der Waals surface area contributed by atoms with Crippen LogP contribution in [0.5, 0.6) is 17.2 Å². The van der Waals surface area contributed by atoms with Gasteiger partial charge in [0.05, 0.1) is 33.4 Å². The van der Waals surface area contributed by atoms with Crippen molar-refractivity contribution >= 4 is 5.91 Å². The molecule has 1 N–H and O–H groups in total. The molecule has 2 aromatic carbocycles. The average Bonchev–Trinajstić information content (AvgIpc) is 3.07. The van der Waals surface area contributed by atoms with Crippen molar-refractivity contribution in [2.75, 3.05) is 27.9 Å². The maximum absolute atomic E-state index is 12.5. The predicted octanol–water partition coefficient (Wildman–Crippen LogP) is 1.70. The molecule has 0 aliphatic rings. The van der Waals surface area contributed by atoms with Crippen LogP contribution in [0.25, 0.3) is 11.4 Å². The predicted molar refractivity (Wildman–Crippen MR) is 111 cm³/mol. The molecular weight excluding hydrogens is 388 g/mol. The van der Waals surface area contributed by atoms with Gasteiger partial charge in [-0.25, -0.2) is 9.48 Å². The topological polar surface area (TPSA) is 96.6 Å². The fraction of sp³-hybridized carbons (Fsp3) is 0.286. The van der Waals surface area contributed by atoms with E-state index in [1.807, 2.05) is 12.1 Å². The molecule has 3 aromatic rings. The van der Waals surface area contributed by atoms with Crippen molar-refractivity contribution in [1.82, 2.24) is 19.7 Å². The molecule has 30 heavy (non-hydrogen) atoms. The Labute approximate surface area is 173 Å². The van der Waals surface area contributed by atoms with Crippen LogP contribution in [0.3, 0.4) is 0 Å². The molecule has 0 saturated heterocycles. The van der Waals surface area contributed by atoms with Crippen molar-refractivity contribution in [1.29, 1.82) is 0 Å². The van der Waals surface area contributed by atoms with Crippen LogP contribution in [0.1, 0.15) is 10.4 Å². The first-order valence-corrected chi connectivity index (χ1v) is 9.27. The molecule has 0 spiro atoms. The van der Waals surface area contributed by atoms with Crippen molar-refractivity contribution < 1.29 is 19.0 Å². The molecule has 0 bridgehead atoms. The number of hydrogen-bond acceptors (Lipinski definition) is 6. The number of amides is 1. The van der Waals surface area contributed by atoms with Gasteiger partial charge in [0.2, 0.25) is 0 Å². The molecule has 0 unspecified atom stereocenters. The van der Waals surface area contributed by atoms with E-state index in [0.29, 0.717) is 22.9 Å². The average molecular weight is 412 g/mol. The van der Waals surface area contributed by atoms with Crippen LogP contribution in [-0.4, -0.2) is 48.1 Å². The molecule has 1 amide bonds. The Kier molecular flexibility index (Phi) is 6.41. The molecule has 0 fully saturated rings. The second-order valence-corrected chi connectivity index (χ2v) is 6.44. The Balaban J connectivity index is 1.69. The van der Waals surface area contributed by atoms with Gasteiger partial charge in [0.15, 0.2) is 5.82 Å². The lowest BCUT2D eigenvalue weighted by Gasteiger charge is -2.10. The Morgan fingerprint density at radius 2 is 1.67 bits per heavy atom. The number of rotatable bonds is 8. The van der Waals surface area contributed by atoms with Crippen LogP contribution >= 0.6 is 0 Å². The molecule has 1 aromatic heterocycles. The molecule has 0 radical (unpaired) electrons. The molecule has 158 valence electrons. The van der Waals surface area contributed by atoms with E-state index in [2.05, 4.69) is 10.4 Å². The Bertz CT molecular complexity index is 1090. The normalized spacial score (nSPS) is 10.5. The summed E-state index contributed by atoms with van der Waals surface area (Å²) in [5.41, 5.74) is 0.906. The maximum Gasteiger partial charge on any atom is 0.345 e. The summed E-state index contributed by atoms with van der Waals surface area (Å²) in [5, 5.41) is 7.18. The van der Waals surface area contributed by atoms with Crippen LogP contribution in [0.4, 0.5) is 0 Å². The molecular formula is C21H24N4O5. The number of nitrogens with one attached hydrogen (secondary N) is 1. The van der Waals surface area contributed by atoms with E-state index in [1.54, 1.807) is 51.6 Å². The summed E-state index contributed by atoms with van der Waals surface area (Å²) in [5.74, 6) is 1.94. The first-order chi connectivity index (χ1) is 14.5. The number of ether oxygens (including phenoxy) is 3. The van der Waals surface area contributed by atoms with Crippen LogP contribution < -0.4 is 25.2 Å². The first-order valence-electron chi connectivity index (χ1n) is 9.27. The Morgan fingerprint density at radius 1 is 1.00 bits per heavy atom. The Hall–Kier alpha value is -3.75. The van der Waals surface area contributed by atoms with E-state index in [1.165, 1.54) is 16.4 Å². The highest BCUT2D eigenvalue weighted by Gasteiger charge is 2.15. The third kappa shape index (κ3) is 4.29. The van der Waals surface area contributed by atoms with E-state index < -0.39 is 0 Å². The van der Waals surface area contributed by atoms with E-state index in [0.717, 1.165) is 11.3 Å². The van der Waals surface area contributed by atoms with Crippen molar-refractivity contribution in [2.24, 2.45) is 7.05 Å². The van der Waals surface area contributed by atoms with Crippen LogP contribution in [0, 0.1) is 0 Å². The van der Waals surface area contributed by atoms with Gasteiger partial charge >= 0.3 is 5.69 Å². The van der Waals surface area contributed by atoms with Gasteiger partial charge in [-0.05, 0) is 36.4 Å². The summed E-state index contributed by atoms with van der Waals surface area (Å²) in [7, 11) is 6.28. The highest BCUT2D eigenvalue weighted by Crippen LogP contribution is 2.24. The number of hydrogen-bond donors (Lipinski definition) is 1. The standard InChI is InChI=1S/C21H24N4O5/c1-24-19(14-5-7-15(28-2)8-6-14)23-25(21(24)27)12-11-22-20(26)17-10-9-16(29-3)13-18(17)30-4/h5-10,13H,11-12H2,1-4H3,(H,22,26). The highest BCUT2D eigenvalue weighted by molar-refractivity contribution is 5.97. The van der Waals surface area contributed by atoms with Crippen molar-refractivity contribution in [3.8, 4) is 28.6 Å². The molecule has 9 heteroatoms. The quantitative estimate of drug-likeness (QED) is 0.605. The van der Waals surface area contributed by atoms with Crippen LogP contribution in [0.2, 0.25) is 0 Å². The molecule has 9 nitrogen and oxygen atoms in total. The summed E-state index contributed by atoms with van der Waals surface area (Å²) in [6.45, 7) is 0.458. The highest BCUT2D eigenvalue weighted by atomic mass is 16.5. The SMILES string of the molecule is COc1ccc(-c2nn(CCNC(=O)c3ccc(OC)cc3OC)c(=O)n2C)cc1. The molecule has 0 aliphatic heterocycles. The van der Waals surface area contributed by atoms with Gasteiger partial charge in [-0.3, -0.25) is 9.36 Å². The molecule has 0 atom stereocenters. The largest absolute Gasteiger partial charge is 0.497 e. The summed E-state index contributed by atoms with van der Waals surface area (Å²) < 4.78 is 18.3. The second kappa shape index (κ2) is 9.17. The minimum absolute atomic E-state index is 0.229. The number of benzene rings is 2. The zero-order valence-electron chi connectivity index (χ0n) is 17.3. The second-order valence-electron chi connectivity index (χ2n) is 6.44. The smallest absolute Gasteiger partial charge is 0.345 e. The van der Waals surface area contributed by atoms with E-state index >= 15 is 0 Å². The summed E-state index contributed by atoms with van der Waals surface area (Å²) >= 11 is 0. The van der Waals surface area contributed by atoms with E-state index in [4.69, 9.17) is 14.2 Å². The van der Waals surface area contributed by atoms with Crippen molar-refractivity contribution in [2.45, 2.75) is 6.54 Å². The minimum atomic E-state index is -0.311. The minimum Gasteiger partial charge on any atom is -0.497 e. The summed E-state index contributed by atoms with van der Waals surface area (Å²) in [6.07, 6.45) is 0. The van der Waals surface area contributed by atoms with Gasteiger partial charge in [-0.1, -0.05) is 0 Å². The first kappa shape index (κ1) is 21.0. The van der Waals surface area contributed by atoms with Gasteiger partial charge in [0, 0.05) is 25.2 Å². The lowest BCUT2D eigenvalue weighted by Crippen LogP contribution is -2.31. The fourth-order valence-electron chi connectivity index (χ4n) is 2.98. The maximum atomic E-state index is 12.5. The molecule has 0 aliphatic carbocycles. The van der Waals surface area contributed by atoms with Crippen molar-refractivity contribution in [3.63, 3.8) is 0 Å². The number of methoxy groups -OCH3 is 3. The third-order valence-electron chi connectivity index (χ3n) is 4.65. The van der Waals surface area contributed by atoms with Crippen LogP contribution in [-0.2, 0) is 13.6 Å². The molecule has 1 heterocycles. The number of aromatic nitrogens is 3. The summed E-state index contributed by atoms with van der Waals surface area (Å²) in [4.78, 5) is 25.0. The monoisotopic (exact) mass is 412 g/mol. The number of carbonyl (C=O) groups excluding carboxylic acids is 1. The van der Waals surface area contributed by atoms with Gasteiger partial charge in [0.25, 0.3) is 5.91 Å². The van der Waals surface area contributed by atoms with Gasteiger partial charge in [0.1, 0.15) is 17.2 Å². The lowest BCUT2D eigenvalue weighted by atomic mass is 10.1. The van der Waals surface area contributed by atoms with E-state index in [-0.39, 0.29) is 24.7 Å². The van der Waals surface area contributed by atoms with Gasteiger partial charge < -0.3 is 19.5 Å². The summed E-state index contributed by atoms with van der Waals surface area (Å²) in [6, 6.07) is 12.2. The van der Waals surface area contributed by atoms with Crippen LogP contribution in [0.15, 0.2) is 47.3 Å². The van der Waals surface area contributed by atoms with E-state index in [9.17, 15) is 9.59 Å². The third-order valence-corrected chi connectivity index (χ3v) is 4.65. The lowest BCUT2D eigenvalue weighted by molar-refractivity contribution is 0.0948. The molecule has 0 saturated carbocycles. The number of nitrogens with zero attached hydrogens (tertiary/aromatic N) is 3. The fourth-order valence-corrected chi connectivity index (χ4v) is 2.98. The Morgan fingerprint density at radius 3 is 2.30 bits per heavy atom. The van der Waals surface area contributed by atoms with Gasteiger partial charge in [-0.15, -0.1) is 5.10 Å². The number of carbonyl (C=O) groups is 1. The van der Waals surface area contributed by atoms with Crippen molar-refractivity contribution in [3.05, 3.63) is 58.5 Å². The zero-order valence-corrected chi connectivity index (χ0v) is 17.3. The zero-order chi connectivity index (χ0) is 21.7. The molecule has 3 rings (SSSR count).